The van der Waals surface area contributed by atoms with Gasteiger partial charge >= 0.3 is 0 Å². The van der Waals surface area contributed by atoms with Gasteiger partial charge in [-0.05, 0) is 18.9 Å². The summed E-state index contributed by atoms with van der Waals surface area (Å²) in [5.74, 6) is -0.662. The predicted octanol–water partition coefficient (Wildman–Crippen LogP) is 2.45. The van der Waals surface area contributed by atoms with Gasteiger partial charge in [-0.25, -0.2) is 4.39 Å². The second-order valence-corrected chi connectivity index (χ2v) is 4.74. The van der Waals surface area contributed by atoms with Gasteiger partial charge in [-0.2, -0.15) is 0 Å². The molecule has 0 saturated heterocycles. The first-order valence-electron chi connectivity index (χ1n) is 5.90. The molecule has 2 N–H and O–H groups in total. The van der Waals surface area contributed by atoms with Gasteiger partial charge in [-0.1, -0.05) is 12.8 Å². The average molecular weight is 254 g/mol. The summed E-state index contributed by atoms with van der Waals surface area (Å²) in [6.45, 7) is 0.285. The van der Waals surface area contributed by atoms with E-state index in [2.05, 4.69) is 5.32 Å². The Hall–Kier alpha value is -1.69. The Kier molecular flexibility index (Phi) is 3.47. The number of benzene rings is 1. The summed E-state index contributed by atoms with van der Waals surface area (Å²) in [6, 6.07) is 3.32. The summed E-state index contributed by atoms with van der Waals surface area (Å²) in [6.07, 6.45) is 3.36. The molecule has 0 bridgehead atoms. The van der Waals surface area contributed by atoms with Crippen LogP contribution in [0.25, 0.3) is 0 Å². The van der Waals surface area contributed by atoms with Gasteiger partial charge in [0.1, 0.15) is 5.82 Å². The number of hydrogen-bond acceptors (Lipinski definition) is 4. The number of nitrogens with one attached hydrogen (secondary N) is 1. The Morgan fingerprint density at radius 1 is 1.39 bits per heavy atom. The zero-order valence-electron chi connectivity index (χ0n) is 9.86. The maximum Gasteiger partial charge on any atom is 0.274 e. The standard InChI is InChI=1S/C12H15FN2O3/c13-9-5-10(7-11(6-9)15(17)18)14-8-12(16)3-1-2-4-12/h5-7,14,16H,1-4,8H2. The van der Waals surface area contributed by atoms with Crippen molar-refractivity contribution in [2.75, 3.05) is 11.9 Å². The van der Waals surface area contributed by atoms with Crippen LogP contribution in [0.4, 0.5) is 15.8 Å². The van der Waals surface area contributed by atoms with Crippen LogP contribution in [-0.4, -0.2) is 22.2 Å². The fourth-order valence-electron chi connectivity index (χ4n) is 2.26. The summed E-state index contributed by atoms with van der Waals surface area (Å²) < 4.78 is 13.2. The molecule has 6 heteroatoms. The largest absolute Gasteiger partial charge is 0.388 e. The van der Waals surface area contributed by atoms with Crippen LogP contribution in [0.5, 0.6) is 0 Å². The summed E-state index contributed by atoms with van der Waals surface area (Å²) in [5.41, 5.74) is -0.751. The van der Waals surface area contributed by atoms with Crippen molar-refractivity contribution in [3.63, 3.8) is 0 Å². The highest BCUT2D eigenvalue weighted by Gasteiger charge is 2.30. The second-order valence-electron chi connectivity index (χ2n) is 4.74. The average Bonchev–Trinajstić information content (AvgIpc) is 2.73. The van der Waals surface area contributed by atoms with Crippen LogP contribution in [0.15, 0.2) is 18.2 Å². The van der Waals surface area contributed by atoms with Gasteiger partial charge in [0.25, 0.3) is 5.69 Å². The van der Waals surface area contributed by atoms with Crippen LogP contribution in [0.2, 0.25) is 0 Å². The molecule has 1 aliphatic rings. The third-order valence-corrected chi connectivity index (χ3v) is 3.25. The lowest BCUT2D eigenvalue weighted by Gasteiger charge is -2.22. The molecule has 1 aliphatic carbocycles. The first kappa shape index (κ1) is 12.8. The van der Waals surface area contributed by atoms with Crippen molar-refractivity contribution in [1.29, 1.82) is 0 Å². The highest BCUT2D eigenvalue weighted by atomic mass is 19.1. The number of nitro groups is 1. The fourth-order valence-corrected chi connectivity index (χ4v) is 2.26. The third-order valence-electron chi connectivity index (χ3n) is 3.25. The Labute approximate surface area is 104 Å². The van der Waals surface area contributed by atoms with Gasteiger partial charge in [0, 0.05) is 18.3 Å². The van der Waals surface area contributed by atoms with Crippen molar-refractivity contribution in [3.05, 3.63) is 34.1 Å². The number of nitro benzene ring substituents is 1. The number of halogens is 1. The fraction of sp³-hybridized carbons (Fsp3) is 0.500. The van der Waals surface area contributed by atoms with Crippen LogP contribution in [-0.2, 0) is 0 Å². The zero-order valence-corrected chi connectivity index (χ0v) is 9.86. The van der Waals surface area contributed by atoms with E-state index in [1.165, 1.54) is 12.1 Å². The van der Waals surface area contributed by atoms with Crippen molar-refractivity contribution in [1.82, 2.24) is 0 Å². The van der Waals surface area contributed by atoms with E-state index in [0.29, 0.717) is 18.5 Å². The molecule has 0 unspecified atom stereocenters. The molecule has 1 saturated carbocycles. The highest BCUT2D eigenvalue weighted by Crippen LogP contribution is 2.30. The first-order chi connectivity index (χ1) is 8.48. The summed E-state index contributed by atoms with van der Waals surface area (Å²) in [4.78, 5) is 9.95. The molecule has 0 aliphatic heterocycles. The van der Waals surface area contributed by atoms with E-state index < -0.39 is 16.3 Å². The van der Waals surface area contributed by atoms with Crippen molar-refractivity contribution in [2.45, 2.75) is 31.3 Å². The second kappa shape index (κ2) is 4.89. The van der Waals surface area contributed by atoms with Crippen molar-refractivity contribution in [3.8, 4) is 0 Å². The van der Waals surface area contributed by atoms with Crippen LogP contribution in [0.1, 0.15) is 25.7 Å². The van der Waals surface area contributed by atoms with E-state index in [0.717, 1.165) is 18.9 Å². The SMILES string of the molecule is O=[N+]([O-])c1cc(F)cc(NCC2(O)CCCC2)c1. The quantitative estimate of drug-likeness (QED) is 0.639. The lowest BCUT2D eigenvalue weighted by molar-refractivity contribution is -0.385. The van der Waals surface area contributed by atoms with Crippen molar-refractivity contribution >= 4 is 11.4 Å². The molecule has 5 nitrogen and oxygen atoms in total. The monoisotopic (exact) mass is 254 g/mol. The Bertz CT molecular complexity index is 459. The van der Waals surface area contributed by atoms with Crippen LogP contribution >= 0.6 is 0 Å². The molecule has 0 spiro atoms. The van der Waals surface area contributed by atoms with Crippen molar-refractivity contribution < 1.29 is 14.4 Å². The van der Waals surface area contributed by atoms with Gasteiger partial charge in [-0.3, -0.25) is 10.1 Å². The molecule has 0 amide bonds. The molecule has 18 heavy (non-hydrogen) atoms. The third kappa shape index (κ3) is 2.95. The van der Waals surface area contributed by atoms with E-state index in [1.807, 2.05) is 0 Å². The number of hydrogen-bond donors (Lipinski definition) is 2. The van der Waals surface area contributed by atoms with Crippen molar-refractivity contribution in [2.24, 2.45) is 0 Å². The summed E-state index contributed by atoms with van der Waals surface area (Å²) >= 11 is 0. The minimum atomic E-state index is -0.777. The van der Waals surface area contributed by atoms with E-state index in [1.54, 1.807) is 0 Å². The molecule has 1 aromatic rings. The molecule has 98 valence electrons. The Morgan fingerprint density at radius 2 is 2.06 bits per heavy atom. The van der Waals surface area contributed by atoms with Crippen LogP contribution < -0.4 is 5.32 Å². The van der Waals surface area contributed by atoms with E-state index >= 15 is 0 Å². The van der Waals surface area contributed by atoms with E-state index in [9.17, 15) is 19.6 Å². The number of nitrogens with zero attached hydrogens (tertiary/aromatic N) is 1. The highest BCUT2D eigenvalue weighted by molar-refractivity contribution is 5.51. The molecule has 0 radical (unpaired) electrons. The molecule has 0 heterocycles. The minimum absolute atomic E-state index is 0.285. The van der Waals surface area contributed by atoms with Gasteiger partial charge in [-0.15, -0.1) is 0 Å². The van der Waals surface area contributed by atoms with E-state index in [4.69, 9.17) is 0 Å². The number of non-ortho nitro benzene ring substituents is 1. The lowest BCUT2D eigenvalue weighted by atomic mass is 10.0. The molecular weight excluding hydrogens is 239 g/mol. The summed E-state index contributed by atoms with van der Waals surface area (Å²) in [7, 11) is 0. The summed E-state index contributed by atoms with van der Waals surface area (Å²) in [5, 5.41) is 23.6. The number of anilines is 1. The van der Waals surface area contributed by atoms with Gasteiger partial charge in [0.2, 0.25) is 0 Å². The zero-order chi connectivity index (χ0) is 13.2. The van der Waals surface area contributed by atoms with Gasteiger partial charge in [0.15, 0.2) is 0 Å². The lowest BCUT2D eigenvalue weighted by Crippen LogP contribution is -2.33. The molecule has 0 atom stereocenters. The maximum atomic E-state index is 13.2. The van der Waals surface area contributed by atoms with Gasteiger partial charge in [0.05, 0.1) is 16.6 Å². The Balaban J connectivity index is 2.07. The first-order valence-corrected chi connectivity index (χ1v) is 5.90. The van der Waals surface area contributed by atoms with E-state index in [-0.39, 0.29) is 12.2 Å². The Morgan fingerprint density at radius 3 is 2.67 bits per heavy atom. The number of rotatable bonds is 4. The topological polar surface area (TPSA) is 75.4 Å². The minimum Gasteiger partial charge on any atom is -0.388 e. The molecule has 2 rings (SSSR count). The molecule has 0 aromatic heterocycles. The van der Waals surface area contributed by atoms with Crippen LogP contribution in [0.3, 0.4) is 0 Å². The van der Waals surface area contributed by atoms with Gasteiger partial charge < -0.3 is 10.4 Å². The molecule has 1 aromatic carbocycles. The molecule has 1 fully saturated rings. The smallest absolute Gasteiger partial charge is 0.274 e. The predicted molar refractivity (Wildman–Crippen MR) is 65.0 cm³/mol. The number of aliphatic hydroxyl groups is 1. The maximum absolute atomic E-state index is 13.2. The normalized spacial score (nSPS) is 17.7. The van der Waals surface area contributed by atoms with Crippen LogP contribution in [0, 0.1) is 15.9 Å². The molecular formula is C12H15FN2O3.